The van der Waals surface area contributed by atoms with Crippen LogP contribution in [-0.4, -0.2) is 22.6 Å². The van der Waals surface area contributed by atoms with Gasteiger partial charge in [-0.05, 0) is 47.9 Å². The molecule has 2 aromatic carbocycles. The van der Waals surface area contributed by atoms with Crippen molar-refractivity contribution in [3.8, 4) is 11.3 Å². The molecule has 0 saturated heterocycles. The molecule has 0 radical (unpaired) electrons. The van der Waals surface area contributed by atoms with E-state index in [4.69, 9.17) is 4.98 Å². The highest BCUT2D eigenvalue weighted by Crippen LogP contribution is 2.33. The Hall–Kier alpha value is -2.66. The molecular weight excluding hydrogens is 392 g/mol. The molecule has 0 aliphatic heterocycles. The first kappa shape index (κ1) is 20.6. The molecule has 1 aliphatic rings. The Morgan fingerprint density at radius 3 is 2.60 bits per heavy atom. The van der Waals surface area contributed by atoms with Crippen molar-refractivity contribution < 1.29 is 9.90 Å². The number of carboxylic acid groups (broad SMARTS) is 1. The van der Waals surface area contributed by atoms with Gasteiger partial charge in [0.05, 0.1) is 11.3 Å². The second kappa shape index (κ2) is 9.00. The van der Waals surface area contributed by atoms with Gasteiger partial charge in [0.25, 0.3) is 0 Å². The summed E-state index contributed by atoms with van der Waals surface area (Å²) in [4.78, 5) is 18.6. The van der Waals surface area contributed by atoms with Gasteiger partial charge in [0.1, 0.15) is 0 Å². The number of carboxylic acids is 1. The normalized spacial score (nSPS) is 14.0. The van der Waals surface area contributed by atoms with Gasteiger partial charge in [-0.1, -0.05) is 56.7 Å². The predicted octanol–water partition coefficient (Wildman–Crippen LogP) is 6.44. The van der Waals surface area contributed by atoms with E-state index < -0.39 is 5.97 Å². The average Bonchev–Trinajstić information content (AvgIpc) is 3.20. The zero-order chi connectivity index (χ0) is 21.1. The third-order valence-corrected chi connectivity index (χ3v) is 6.79. The van der Waals surface area contributed by atoms with Crippen molar-refractivity contribution in [2.75, 3.05) is 11.4 Å². The van der Waals surface area contributed by atoms with Crippen LogP contribution in [0.1, 0.15) is 60.5 Å². The quantitative estimate of drug-likeness (QED) is 0.456. The van der Waals surface area contributed by atoms with Crippen molar-refractivity contribution in [1.29, 1.82) is 0 Å². The number of benzene rings is 2. The molecule has 0 atom stereocenters. The minimum atomic E-state index is -0.885. The first-order chi connectivity index (χ1) is 14.5. The molecule has 1 fully saturated rings. The highest BCUT2D eigenvalue weighted by Gasteiger charge is 2.23. The summed E-state index contributed by atoms with van der Waals surface area (Å²) >= 11 is 1.67. The molecule has 4 rings (SSSR count). The third-order valence-electron chi connectivity index (χ3n) is 5.89. The number of nitrogens with zero attached hydrogens (tertiary/aromatic N) is 2. The lowest BCUT2D eigenvalue weighted by Crippen LogP contribution is -2.32. The van der Waals surface area contributed by atoms with E-state index in [-0.39, 0.29) is 0 Å². The standard InChI is InChI=1S/C25H28N2O2S/c1-17(2)20-9-11-21(12-10-20)23-16-30-25(26-23)27(14-18-5-3-6-18)15-19-7-4-8-22(13-19)24(28)29/h4,7-13,16-18H,3,5-6,14-15H2,1-2H3,(H,28,29). The van der Waals surface area contributed by atoms with Crippen molar-refractivity contribution in [3.63, 3.8) is 0 Å². The summed E-state index contributed by atoms with van der Waals surface area (Å²) in [5.41, 5.74) is 4.81. The van der Waals surface area contributed by atoms with Crippen LogP contribution in [-0.2, 0) is 6.54 Å². The number of carbonyl (C=O) groups is 1. The third kappa shape index (κ3) is 4.73. The molecule has 30 heavy (non-hydrogen) atoms. The Balaban J connectivity index is 1.57. The van der Waals surface area contributed by atoms with Gasteiger partial charge in [0, 0.05) is 24.0 Å². The Bertz CT molecular complexity index is 1010. The second-order valence-corrected chi connectivity index (χ2v) is 9.31. The fourth-order valence-electron chi connectivity index (χ4n) is 3.80. The van der Waals surface area contributed by atoms with E-state index in [0.29, 0.717) is 23.9 Å². The molecule has 1 aliphatic carbocycles. The van der Waals surface area contributed by atoms with E-state index in [1.807, 2.05) is 12.1 Å². The average molecular weight is 421 g/mol. The summed E-state index contributed by atoms with van der Waals surface area (Å²) in [5, 5.41) is 12.4. The van der Waals surface area contributed by atoms with Gasteiger partial charge in [-0.25, -0.2) is 9.78 Å². The molecule has 0 amide bonds. The van der Waals surface area contributed by atoms with Crippen molar-refractivity contribution in [3.05, 3.63) is 70.6 Å². The minimum absolute atomic E-state index is 0.334. The van der Waals surface area contributed by atoms with Crippen molar-refractivity contribution in [2.45, 2.75) is 45.6 Å². The Morgan fingerprint density at radius 1 is 1.20 bits per heavy atom. The first-order valence-electron chi connectivity index (χ1n) is 10.6. The molecule has 3 aromatic rings. The molecule has 0 bridgehead atoms. The number of hydrogen-bond donors (Lipinski definition) is 1. The molecular formula is C25H28N2O2S. The van der Waals surface area contributed by atoms with Gasteiger partial charge in [0.15, 0.2) is 5.13 Å². The Morgan fingerprint density at radius 2 is 1.97 bits per heavy atom. The number of hydrogen-bond acceptors (Lipinski definition) is 4. The molecule has 156 valence electrons. The SMILES string of the molecule is CC(C)c1ccc(-c2csc(N(Cc3cccc(C(=O)O)c3)CC3CCC3)n2)cc1. The van der Waals surface area contributed by atoms with Crippen LogP contribution in [0.5, 0.6) is 0 Å². The summed E-state index contributed by atoms with van der Waals surface area (Å²) in [5.74, 6) is 0.332. The highest BCUT2D eigenvalue weighted by atomic mass is 32.1. The monoisotopic (exact) mass is 420 g/mol. The van der Waals surface area contributed by atoms with Crippen molar-refractivity contribution >= 4 is 22.4 Å². The van der Waals surface area contributed by atoms with Crippen LogP contribution in [0.3, 0.4) is 0 Å². The van der Waals surface area contributed by atoms with Gasteiger partial charge in [0.2, 0.25) is 0 Å². The van der Waals surface area contributed by atoms with E-state index in [1.54, 1.807) is 23.5 Å². The number of anilines is 1. The second-order valence-electron chi connectivity index (χ2n) is 8.48. The van der Waals surface area contributed by atoms with Gasteiger partial charge >= 0.3 is 5.97 Å². The topological polar surface area (TPSA) is 53.4 Å². The van der Waals surface area contributed by atoms with Gasteiger partial charge in [-0.15, -0.1) is 11.3 Å². The van der Waals surface area contributed by atoms with Gasteiger partial charge in [-0.2, -0.15) is 0 Å². The highest BCUT2D eigenvalue weighted by molar-refractivity contribution is 7.14. The first-order valence-corrected chi connectivity index (χ1v) is 11.5. The van der Waals surface area contributed by atoms with Crippen molar-refractivity contribution in [1.82, 2.24) is 4.98 Å². The van der Waals surface area contributed by atoms with Crippen LogP contribution < -0.4 is 4.90 Å². The molecule has 0 spiro atoms. The van der Waals surface area contributed by atoms with Crippen LogP contribution in [0.25, 0.3) is 11.3 Å². The number of thiazole rings is 1. The van der Waals surface area contributed by atoms with Crippen LogP contribution in [0.2, 0.25) is 0 Å². The predicted molar refractivity (Wildman–Crippen MR) is 123 cm³/mol. The number of rotatable bonds is 8. The molecule has 4 nitrogen and oxygen atoms in total. The summed E-state index contributed by atoms with van der Waals surface area (Å²) in [6.45, 7) is 6.05. The van der Waals surface area contributed by atoms with E-state index >= 15 is 0 Å². The molecule has 1 saturated carbocycles. The maximum absolute atomic E-state index is 11.3. The number of aromatic carboxylic acids is 1. The van der Waals surface area contributed by atoms with Crippen LogP contribution >= 0.6 is 11.3 Å². The fraction of sp³-hybridized carbons (Fsp3) is 0.360. The Labute approximate surface area is 182 Å². The lowest BCUT2D eigenvalue weighted by molar-refractivity contribution is 0.0696. The lowest BCUT2D eigenvalue weighted by atomic mass is 9.85. The number of aromatic nitrogens is 1. The smallest absolute Gasteiger partial charge is 0.335 e. The zero-order valence-electron chi connectivity index (χ0n) is 17.5. The van der Waals surface area contributed by atoms with Gasteiger partial charge in [-0.3, -0.25) is 0 Å². The maximum Gasteiger partial charge on any atom is 0.335 e. The largest absolute Gasteiger partial charge is 0.478 e. The molecule has 1 aromatic heterocycles. The summed E-state index contributed by atoms with van der Waals surface area (Å²) in [6, 6.07) is 15.9. The van der Waals surface area contributed by atoms with E-state index in [9.17, 15) is 9.90 Å². The van der Waals surface area contributed by atoms with E-state index in [1.165, 1.54) is 24.8 Å². The van der Waals surface area contributed by atoms with Crippen LogP contribution in [0.15, 0.2) is 53.9 Å². The van der Waals surface area contributed by atoms with Crippen LogP contribution in [0.4, 0.5) is 5.13 Å². The summed E-state index contributed by atoms with van der Waals surface area (Å²) in [7, 11) is 0. The van der Waals surface area contributed by atoms with E-state index in [2.05, 4.69) is 48.4 Å². The minimum Gasteiger partial charge on any atom is -0.478 e. The maximum atomic E-state index is 11.3. The van der Waals surface area contributed by atoms with Gasteiger partial charge < -0.3 is 10.0 Å². The molecule has 1 N–H and O–H groups in total. The lowest BCUT2D eigenvalue weighted by Gasteiger charge is -2.32. The van der Waals surface area contributed by atoms with Crippen molar-refractivity contribution in [2.24, 2.45) is 5.92 Å². The van der Waals surface area contributed by atoms with E-state index in [0.717, 1.165) is 28.5 Å². The summed E-state index contributed by atoms with van der Waals surface area (Å²) in [6.07, 6.45) is 3.83. The molecule has 0 unspecified atom stereocenters. The fourth-order valence-corrected chi connectivity index (χ4v) is 4.65. The Kier molecular flexibility index (Phi) is 6.18. The zero-order valence-corrected chi connectivity index (χ0v) is 18.4. The van der Waals surface area contributed by atoms with Crippen LogP contribution in [0, 0.1) is 5.92 Å². The summed E-state index contributed by atoms with van der Waals surface area (Å²) < 4.78 is 0. The molecule has 5 heteroatoms. The molecule has 1 heterocycles.